The fourth-order valence-corrected chi connectivity index (χ4v) is 1.47. The highest BCUT2D eigenvalue weighted by atomic mass is 16.5. The van der Waals surface area contributed by atoms with E-state index in [-0.39, 0.29) is 11.8 Å². The summed E-state index contributed by atoms with van der Waals surface area (Å²) in [7, 11) is 0. The summed E-state index contributed by atoms with van der Waals surface area (Å²) in [5.41, 5.74) is 6.87. The Morgan fingerprint density at radius 1 is 1.44 bits per heavy atom. The van der Waals surface area contributed by atoms with E-state index in [2.05, 4.69) is 5.32 Å². The fraction of sp³-hybridized carbons (Fsp3) is 0.500. The van der Waals surface area contributed by atoms with Gasteiger partial charge in [0.2, 0.25) is 5.91 Å². The Hall–Kier alpha value is -1.55. The number of carbonyl (C=O) groups is 1. The first-order valence-electron chi connectivity index (χ1n) is 6.23. The smallest absolute Gasteiger partial charge is 0.237 e. The largest absolute Gasteiger partial charge is 0.492 e. The van der Waals surface area contributed by atoms with E-state index >= 15 is 0 Å². The first-order chi connectivity index (χ1) is 8.50. The van der Waals surface area contributed by atoms with Crippen molar-refractivity contribution in [3.8, 4) is 5.75 Å². The van der Waals surface area contributed by atoms with E-state index in [1.165, 1.54) is 0 Å². The van der Waals surface area contributed by atoms with Crippen molar-refractivity contribution in [2.75, 3.05) is 13.2 Å². The molecule has 0 saturated carbocycles. The van der Waals surface area contributed by atoms with Crippen LogP contribution in [0, 0.1) is 12.8 Å². The maximum atomic E-state index is 11.6. The standard InChI is InChI=1S/C14H22N2O2/c1-10(2)13(15)14(17)16-7-8-18-12-6-4-5-11(3)9-12/h4-6,9-10,13H,7-8,15H2,1-3H3,(H,16,17)/t13-/m0/s1. The van der Waals surface area contributed by atoms with Crippen LogP contribution in [0.3, 0.4) is 0 Å². The Morgan fingerprint density at radius 3 is 2.78 bits per heavy atom. The molecule has 0 aliphatic carbocycles. The molecule has 1 amide bonds. The quantitative estimate of drug-likeness (QED) is 0.751. The van der Waals surface area contributed by atoms with Crippen LogP contribution in [-0.2, 0) is 4.79 Å². The zero-order valence-electron chi connectivity index (χ0n) is 11.3. The fourth-order valence-electron chi connectivity index (χ4n) is 1.47. The minimum absolute atomic E-state index is 0.127. The highest BCUT2D eigenvalue weighted by Crippen LogP contribution is 2.11. The van der Waals surface area contributed by atoms with Gasteiger partial charge in [0, 0.05) is 0 Å². The molecule has 0 bridgehead atoms. The second-order valence-corrected chi connectivity index (χ2v) is 4.73. The van der Waals surface area contributed by atoms with Gasteiger partial charge in [0.1, 0.15) is 12.4 Å². The molecule has 0 spiro atoms. The number of ether oxygens (including phenoxy) is 1. The summed E-state index contributed by atoms with van der Waals surface area (Å²) in [6.45, 7) is 6.77. The van der Waals surface area contributed by atoms with Crippen LogP contribution in [0.25, 0.3) is 0 Å². The van der Waals surface area contributed by atoms with Gasteiger partial charge < -0.3 is 15.8 Å². The summed E-state index contributed by atoms with van der Waals surface area (Å²) in [6, 6.07) is 7.36. The van der Waals surface area contributed by atoms with Crippen LogP contribution in [0.15, 0.2) is 24.3 Å². The molecule has 0 aliphatic heterocycles. The molecule has 0 saturated heterocycles. The third-order valence-corrected chi connectivity index (χ3v) is 2.68. The van der Waals surface area contributed by atoms with Crippen molar-refractivity contribution in [2.24, 2.45) is 11.7 Å². The van der Waals surface area contributed by atoms with Crippen molar-refractivity contribution in [1.82, 2.24) is 5.32 Å². The van der Waals surface area contributed by atoms with Gasteiger partial charge in [0.05, 0.1) is 12.6 Å². The Balaban J connectivity index is 2.25. The van der Waals surface area contributed by atoms with Gasteiger partial charge in [-0.05, 0) is 30.5 Å². The molecule has 0 aliphatic rings. The summed E-state index contributed by atoms with van der Waals surface area (Å²) in [4.78, 5) is 11.6. The van der Waals surface area contributed by atoms with Gasteiger partial charge in [-0.2, -0.15) is 0 Å². The molecule has 1 rings (SSSR count). The normalized spacial score (nSPS) is 12.3. The van der Waals surface area contributed by atoms with Crippen LogP contribution in [0.5, 0.6) is 5.75 Å². The number of nitrogens with one attached hydrogen (secondary N) is 1. The molecular weight excluding hydrogens is 228 g/mol. The SMILES string of the molecule is Cc1cccc(OCCNC(=O)[C@@H](N)C(C)C)c1. The van der Waals surface area contributed by atoms with Gasteiger partial charge in [-0.1, -0.05) is 26.0 Å². The number of benzene rings is 1. The van der Waals surface area contributed by atoms with E-state index < -0.39 is 6.04 Å². The Morgan fingerprint density at radius 2 is 2.17 bits per heavy atom. The summed E-state index contributed by atoms with van der Waals surface area (Å²) < 4.78 is 5.52. The van der Waals surface area contributed by atoms with Gasteiger partial charge >= 0.3 is 0 Å². The molecule has 1 aromatic carbocycles. The molecule has 1 aromatic rings. The third-order valence-electron chi connectivity index (χ3n) is 2.68. The van der Waals surface area contributed by atoms with Gasteiger partial charge in [0.15, 0.2) is 0 Å². The van der Waals surface area contributed by atoms with E-state index in [0.717, 1.165) is 11.3 Å². The first-order valence-corrected chi connectivity index (χ1v) is 6.23. The van der Waals surface area contributed by atoms with Gasteiger partial charge in [-0.25, -0.2) is 0 Å². The van der Waals surface area contributed by atoms with Crippen LogP contribution in [0.4, 0.5) is 0 Å². The van der Waals surface area contributed by atoms with Crippen LogP contribution in [0.2, 0.25) is 0 Å². The second-order valence-electron chi connectivity index (χ2n) is 4.73. The lowest BCUT2D eigenvalue weighted by Gasteiger charge is -2.15. The van der Waals surface area contributed by atoms with E-state index in [1.54, 1.807) is 0 Å². The lowest BCUT2D eigenvalue weighted by molar-refractivity contribution is -0.123. The number of amides is 1. The monoisotopic (exact) mass is 250 g/mol. The van der Waals surface area contributed by atoms with Crippen molar-refractivity contribution in [3.63, 3.8) is 0 Å². The molecule has 18 heavy (non-hydrogen) atoms. The van der Waals surface area contributed by atoms with Crippen LogP contribution >= 0.6 is 0 Å². The molecule has 1 atom stereocenters. The molecule has 0 aromatic heterocycles. The number of hydrogen-bond acceptors (Lipinski definition) is 3. The maximum absolute atomic E-state index is 11.6. The molecule has 4 nitrogen and oxygen atoms in total. The van der Waals surface area contributed by atoms with Gasteiger partial charge in [0.25, 0.3) is 0 Å². The number of rotatable bonds is 6. The topological polar surface area (TPSA) is 64.3 Å². The molecule has 3 N–H and O–H groups in total. The predicted octanol–water partition coefficient (Wildman–Crippen LogP) is 1.47. The highest BCUT2D eigenvalue weighted by molar-refractivity contribution is 5.81. The Kier molecular flexibility index (Phi) is 5.65. The molecule has 0 heterocycles. The average molecular weight is 250 g/mol. The summed E-state index contributed by atoms with van der Waals surface area (Å²) >= 11 is 0. The average Bonchev–Trinajstić information content (AvgIpc) is 2.33. The minimum Gasteiger partial charge on any atom is -0.492 e. The molecule has 4 heteroatoms. The molecule has 100 valence electrons. The molecule has 0 radical (unpaired) electrons. The third kappa shape index (κ3) is 4.75. The first kappa shape index (κ1) is 14.5. The van der Waals surface area contributed by atoms with Crippen molar-refractivity contribution >= 4 is 5.91 Å². The lowest BCUT2D eigenvalue weighted by atomic mass is 10.1. The van der Waals surface area contributed by atoms with Crippen molar-refractivity contribution in [3.05, 3.63) is 29.8 Å². The summed E-state index contributed by atoms with van der Waals surface area (Å²) in [6.07, 6.45) is 0. The molecule has 0 fully saturated rings. The van der Waals surface area contributed by atoms with Crippen molar-refractivity contribution in [1.29, 1.82) is 0 Å². The Labute approximate surface area is 109 Å². The van der Waals surface area contributed by atoms with Crippen LogP contribution in [0.1, 0.15) is 19.4 Å². The lowest BCUT2D eigenvalue weighted by Crippen LogP contribution is -2.45. The van der Waals surface area contributed by atoms with Gasteiger partial charge in [-0.15, -0.1) is 0 Å². The predicted molar refractivity (Wildman–Crippen MR) is 72.5 cm³/mol. The van der Waals surface area contributed by atoms with Crippen LogP contribution in [-0.4, -0.2) is 25.1 Å². The number of hydrogen-bond donors (Lipinski definition) is 2. The number of aryl methyl sites for hydroxylation is 1. The Bertz CT molecular complexity index is 391. The highest BCUT2D eigenvalue weighted by Gasteiger charge is 2.16. The van der Waals surface area contributed by atoms with Crippen LogP contribution < -0.4 is 15.8 Å². The summed E-state index contributed by atoms with van der Waals surface area (Å²) in [5, 5.41) is 2.76. The second kappa shape index (κ2) is 7.01. The zero-order valence-corrected chi connectivity index (χ0v) is 11.3. The van der Waals surface area contributed by atoms with Gasteiger partial charge in [-0.3, -0.25) is 4.79 Å². The molecular formula is C14H22N2O2. The number of nitrogens with two attached hydrogens (primary N) is 1. The van der Waals surface area contributed by atoms with E-state index in [9.17, 15) is 4.79 Å². The van der Waals surface area contributed by atoms with E-state index in [0.29, 0.717) is 13.2 Å². The maximum Gasteiger partial charge on any atom is 0.237 e. The van der Waals surface area contributed by atoms with E-state index in [1.807, 2.05) is 45.0 Å². The zero-order chi connectivity index (χ0) is 13.5. The van der Waals surface area contributed by atoms with E-state index in [4.69, 9.17) is 10.5 Å². The molecule has 0 unspecified atom stereocenters. The van der Waals surface area contributed by atoms with Crippen molar-refractivity contribution < 1.29 is 9.53 Å². The summed E-state index contributed by atoms with van der Waals surface area (Å²) in [5.74, 6) is 0.831. The number of carbonyl (C=O) groups excluding carboxylic acids is 1. The van der Waals surface area contributed by atoms with Crippen molar-refractivity contribution in [2.45, 2.75) is 26.8 Å². The minimum atomic E-state index is -0.455.